The Kier molecular flexibility index (Phi) is 6.61. The fourth-order valence-electron chi connectivity index (χ4n) is 2.67. The predicted octanol–water partition coefficient (Wildman–Crippen LogP) is 1.51. The Balaban J connectivity index is 1.46. The molecule has 0 spiro atoms. The van der Waals surface area contributed by atoms with Gasteiger partial charge in [-0.2, -0.15) is 0 Å². The monoisotopic (exact) mass is 383 g/mol. The van der Waals surface area contributed by atoms with Crippen LogP contribution in [-0.4, -0.2) is 46.1 Å². The second-order valence-corrected chi connectivity index (χ2v) is 6.21. The van der Waals surface area contributed by atoms with Crippen molar-refractivity contribution in [2.45, 2.75) is 26.8 Å². The second-order valence-electron chi connectivity index (χ2n) is 6.21. The number of aliphatic imine (C=N–C) groups is 1. The number of hydrogen-bond acceptors (Lipinski definition) is 5. The number of furan rings is 1. The minimum Gasteiger partial charge on any atom is -0.459 e. The molecule has 0 bridgehead atoms. The molecule has 3 heterocycles. The number of guanidine groups is 1. The molecule has 0 atom stereocenters. The summed E-state index contributed by atoms with van der Waals surface area (Å²) >= 11 is 0. The lowest BCUT2D eigenvalue weighted by Gasteiger charge is -2.11. The number of aromatic nitrogens is 3. The van der Waals surface area contributed by atoms with Crippen LogP contribution in [0.5, 0.6) is 0 Å². The van der Waals surface area contributed by atoms with E-state index < -0.39 is 0 Å². The summed E-state index contributed by atoms with van der Waals surface area (Å²) in [5.41, 5.74) is 1.63. The van der Waals surface area contributed by atoms with Crippen molar-refractivity contribution in [2.24, 2.45) is 4.99 Å². The maximum atomic E-state index is 12.0. The van der Waals surface area contributed by atoms with Crippen molar-refractivity contribution in [2.75, 3.05) is 19.6 Å². The molecule has 0 saturated carbocycles. The van der Waals surface area contributed by atoms with Gasteiger partial charge in [-0.05, 0) is 38.5 Å². The van der Waals surface area contributed by atoms with Gasteiger partial charge < -0.3 is 20.4 Å². The molecule has 0 unspecified atom stereocenters. The Morgan fingerprint density at radius 2 is 2.04 bits per heavy atom. The summed E-state index contributed by atoms with van der Waals surface area (Å²) < 4.78 is 7.10. The fraction of sp³-hybridized carbons (Fsp3) is 0.368. The summed E-state index contributed by atoms with van der Waals surface area (Å²) in [4.78, 5) is 16.6. The first kappa shape index (κ1) is 19.4. The van der Waals surface area contributed by atoms with E-state index in [2.05, 4.69) is 31.1 Å². The SMILES string of the molecule is CCNC(=NCc1nnc2ccccn12)NCCCNC(=O)c1occc1C. The van der Waals surface area contributed by atoms with Crippen LogP contribution in [0.15, 0.2) is 46.1 Å². The molecular formula is C19H25N7O2. The van der Waals surface area contributed by atoms with Gasteiger partial charge in [0.2, 0.25) is 0 Å². The predicted molar refractivity (Wildman–Crippen MR) is 106 cm³/mol. The molecule has 28 heavy (non-hydrogen) atoms. The highest BCUT2D eigenvalue weighted by atomic mass is 16.3. The van der Waals surface area contributed by atoms with Crippen LogP contribution in [0.1, 0.15) is 35.3 Å². The molecular weight excluding hydrogens is 358 g/mol. The van der Waals surface area contributed by atoms with E-state index in [0.717, 1.165) is 30.0 Å². The van der Waals surface area contributed by atoms with Crippen LogP contribution >= 0.6 is 0 Å². The Bertz CT molecular complexity index is 945. The normalized spacial score (nSPS) is 11.6. The van der Waals surface area contributed by atoms with E-state index in [9.17, 15) is 4.79 Å². The van der Waals surface area contributed by atoms with Crippen molar-refractivity contribution in [1.82, 2.24) is 30.5 Å². The quantitative estimate of drug-likeness (QED) is 0.309. The molecule has 0 aliphatic rings. The van der Waals surface area contributed by atoms with Crippen LogP contribution in [0.3, 0.4) is 0 Å². The number of fused-ring (bicyclic) bond motifs is 1. The van der Waals surface area contributed by atoms with Crippen LogP contribution in [0, 0.1) is 6.92 Å². The maximum absolute atomic E-state index is 12.0. The Labute approximate surface area is 163 Å². The lowest BCUT2D eigenvalue weighted by Crippen LogP contribution is -2.38. The van der Waals surface area contributed by atoms with Crippen LogP contribution < -0.4 is 16.0 Å². The van der Waals surface area contributed by atoms with Crippen molar-refractivity contribution < 1.29 is 9.21 Å². The standard InChI is InChI=1S/C19H25N7O2/c1-3-20-19(23-13-16-25-24-15-7-4-5-11-26(15)16)22-10-6-9-21-18(27)17-14(2)8-12-28-17/h4-5,7-8,11-12H,3,6,9-10,13H2,1-2H3,(H,21,27)(H2,20,22,23). The van der Waals surface area contributed by atoms with Crippen molar-refractivity contribution in [1.29, 1.82) is 0 Å². The Morgan fingerprint density at radius 1 is 1.18 bits per heavy atom. The highest BCUT2D eigenvalue weighted by Crippen LogP contribution is 2.08. The smallest absolute Gasteiger partial charge is 0.287 e. The van der Waals surface area contributed by atoms with Gasteiger partial charge in [0.05, 0.1) is 6.26 Å². The van der Waals surface area contributed by atoms with E-state index in [1.165, 1.54) is 6.26 Å². The summed E-state index contributed by atoms with van der Waals surface area (Å²) in [6.45, 7) is 6.23. The van der Waals surface area contributed by atoms with Gasteiger partial charge in [-0.25, -0.2) is 4.99 Å². The lowest BCUT2D eigenvalue weighted by molar-refractivity contribution is 0.0925. The van der Waals surface area contributed by atoms with E-state index in [4.69, 9.17) is 4.42 Å². The molecule has 0 fully saturated rings. The first-order valence-electron chi connectivity index (χ1n) is 9.32. The molecule has 3 N–H and O–H groups in total. The summed E-state index contributed by atoms with van der Waals surface area (Å²) in [5.74, 6) is 1.64. The van der Waals surface area contributed by atoms with Gasteiger partial charge in [0, 0.05) is 31.4 Å². The number of pyridine rings is 1. The zero-order chi connectivity index (χ0) is 19.8. The average Bonchev–Trinajstić information content (AvgIpc) is 3.31. The number of nitrogens with one attached hydrogen (secondary N) is 3. The molecule has 0 aliphatic heterocycles. The number of carbonyl (C=O) groups is 1. The highest BCUT2D eigenvalue weighted by molar-refractivity contribution is 5.92. The molecule has 0 radical (unpaired) electrons. The van der Waals surface area contributed by atoms with Gasteiger partial charge in [0.1, 0.15) is 6.54 Å². The van der Waals surface area contributed by atoms with E-state index in [1.807, 2.05) is 42.6 Å². The summed E-state index contributed by atoms with van der Waals surface area (Å²) in [7, 11) is 0. The van der Waals surface area contributed by atoms with Crippen LogP contribution in [0.2, 0.25) is 0 Å². The van der Waals surface area contributed by atoms with Crippen molar-refractivity contribution in [3.8, 4) is 0 Å². The van der Waals surface area contributed by atoms with Crippen molar-refractivity contribution in [3.05, 3.63) is 53.9 Å². The Hall–Kier alpha value is -3.36. The lowest BCUT2D eigenvalue weighted by atomic mass is 10.2. The third-order valence-electron chi connectivity index (χ3n) is 4.11. The summed E-state index contributed by atoms with van der Waals surface area (Å²) in [6, 6.07) is 7.54. The zero-order valence-corrected chi connectivity index (χ0v) is 16.1. The molecule has 9 heteroatoms. The van der Waals surface area contributed by atoms with E-state index >= 15 is 0 Å². The minimum absolute atomic E-state index is 0.193. The Morgan fingerprint density at radius 3 is 2.82 bits per heavy atom. The first-order chi connectivity index (χ1) is 13.7. The first-order valence-corrected chi connectivity index (χ1v) is 9.32. The number of amides is 1. The number of nitrogens with zero attached hydrogens (tertiary/aromatic N) is 4. The topological polar surface area (TPSA) is 109 Å². The van der Waals surface area contributed by atoms with E-state index in [1.54, 1.807) is 6.07 Å². The van der Waals surface area contributed by atoms with Crippen molar-refractivity contribution in [3.63, 3.8) is 0 Å². The average molecular weight is 383 g/mol. The number of rotatable bonds is 8. The summed E-state index contributed by atoms with van der Waals surface area (Å²) in [5, 5.41) is 17.6. The largest absolute Gasteiger partial charge is 0.459 e. The third kappa shape index (κ3) is 4.87. The fourth-order valence-corrected chi connectivity index (χ4v) is 2.67. The van der Waals surface area contributed by atoms with Gasteiger partial charge in [-0.1, -0.05) is 6.07 Å². The molecule has 1 amide bonds. The number of carbonyl (C=O) groups excluding carboxylic acids is 1. The van der Waals surface area contributed by atoms with Crippen LogP contribution in [0.4, 0.5) is 0 Å². The number of aryl methyl sites for hydroxylation is 1. The van der Waals surface area contributed by atoms with Gasteiger partial charge in [-0.3, -0.25) is 9.20 Å². The van der Waals surface area contributed by atoms with Crippen molar-refractivity contribution >= 4 is 17.5 Å². The molecule has 9 nitrogen and oxygen atoms in total. The second kappa shape index (κ2) is 9.54. The zero-order valence-electron chi connectivity index (χ0n) is 16.1. The molecule has 0 aliphatic carbocycles. The molecule has 0 saturated heterocycles. The maximum Gasteiger partial charge on any atom is 0.287 e. The van der Waals surface area contributed by atoms with Gasteiger partial charge in [0.15, 0.2) is 23.2 Å². The number of hydrogen-bond donors (Lipinski definition) is 3. The van der Waals surface area contributed by atoms with Gasteiger partial charge >= 0.3 is 0 Å². The summed E-state index contributed by atoms with van der Waals surface area (Å²) in [6.07, 6.45) is 4.19. The molecule has 0 aromatic carbocycles. The van der Waals surface area contributed by atoms with E-state index in [0.29, 0.717) is 31.4 Å². The minimum atomic E-state index is -0.193. The van der Waals surface area contributed by atoms with Crippen LogP contribution in [-0.2, 0) is 6.54 Å². The van der Waals surface area contributed by atoms with Gasteiger partial charge in [-0.15, -0.1) is 10.2 Å². The molecule has 3 aromatic heterocycles. The molecule has 3 aromatic rings. The molecule has 3 rings (SSSR count). The molecule has 148 valence electrons. The highest BCUT2D eigenvalue weighted by Gasteiger charge is 2.11. The van der Waals surface area contributed by atoms with E-state index in [-0.39, 0.29) is 5.91 Å². The van der Waals surface area contributed by atoms with Gasteiger partial charge in [0.25, 0.3) is 5.91 Å². The third-order valence-corrected chi connectivity index (χ3v) is 4.11. The van der Waals surface area contributed by atoms with Crippen LogP contribution in [0.25, 0.3) is 5.65 Å².